The second-order valence-corrected chi connectivity index (χ2v) is 6.95. The lowest BCUT2D eigenvalue weighted by Crippen LogP contribution is -2.45. The van der Waals surface area contributed by atoms with Crippen molar-refractivity contribution in [2.24, 2.45) is 5.73 Å². The third-order valence-corrected chi connectivity index (χ3v) is 5.86. The standard InChI is InChI=1S/C17H25N5/c1-3-17(4-2)7-5-13-15(17)21-14-6-8-19-22(14)16(13)20-12-9-11(18)10-12/h6,8,11-12,20H,3-5,7,9-10,18H2,1-2H3. The lowest BCUT2D eigenvalue weighted by molar-refractivity contribution is 0.372. The molecular weight excluding hydrogens is 274 g/mol. The van der Waals surface area contributed by atoms with Crippen molar-refractivity contribution in [3.63, 3.8) is 0 Å². The monoisotopic (exact) mass is 299 g/mol. The van der Waals surface area contributed by atoms with Gasteiger partial charge < -0.3 is 11.1 Å². The summed E-state index contributed by atoms with van der Waals surface area (Å²) in [5.41, 5.74) is 9.82. The highest BCUT2D eigenvalue weighted by atomic mass is 15.3. The van der Waals surface area contributed by atoms with Crippen molar-refractivity contribution in [3.8, 4) is 0 Å². The first-order valence-corrected chi connectivity index (χ1v) is 8.56. The van der Waals surface area contributed by atoms with Gasteiger partial charge in [0.1, 0.15) is 5.82 Å². The van der Waals surface area contributed by atoms with Crippen LogP contribution in [0.5, 0.6) is 0 Å². The molecule has 0 amide bonds. The number of nitrogens with two attached hydrogens (primary N) is 1. The fourth-order valence-corrected chi connectivity index (χ4v) is 4.19. The molecule has 0 atom stereocenters. The van der Waals surface area contributed by atoms with Gasteiger partial charge in [-0.3, -0.25) is 0 Å². The van der Waals surface area contributed by atoms with Gasteiger partial charge in [-0.25, -0.2) is 4.98 Å². The number of nitrogens with zero attached hydrogens (tertiary/aromatic N) is 3. The molecule has 3 N–H and O–H groups in total. The van der Waals surface area contributed by atoms with Crippen LogP contribution in [-0.2, 0) is 11.8 Å². The number of hydrogen-bond acceptors (Lipinski definition) is 4. The molecule has 1 fully saturated rings. The third kappa shape index (κ3) is 1.88. The molecule has 0 radical (unpaired) electrons. The maximum Gasteiger partial charge on any atom is 0.157 e. The van der Waals surface area contributed by atoms with E-state index in [0.29, 0.717) is 12.1 Å². The minimum Gasteiger partial charge on any atom is -0.367 e. The zero-order valence-corrected chi connectivity index (χ0v) is 13.5. The largest absolute Gasteiger partial charge is 0.367 e. The van der Waals surface area contributed by atoms with E-state index >= 15 is 0 Å². The Kier molecular flexibility index (Phi) is 3.15. The fraction of sp³-hybridized carbons (Fsp3) is 0.647. The molecule has 2 heterocycles. The Balaban J connectivity index is 1.83. The number of fused-ring (bicyclic) bond motifs is 2. The second-order valence-electron chi connectivity index (χ2n) is 6.95. The second kappa shape index (κ2) is 4.95. The van der Waals surface area contributed by atoms with Gasteiger partial charge >= 0.3 is 0 Å². The average Bonchev–Trinajstić information content (AvgIpc) is 3.10. The first-order chi connectivity index (χ1) is 10.7. The van der Waals surface area contributed by atoms with E-state index < -0.39 is 0 Å². The van der Waals surface area contributed by atoms with Crippen LogP contribution in [0.3, 0.4) is 0 Å². The van der Waals surface area contributed by atoms with Crippen LogP contribution in [0.15, 0.2) is 12.3 Å². The molecule has 5 heteroatoms. The van der Waals surface area contributed by atoms with Crippen molar-refractivity contribution in [3.05, 3.63) is 23.5 Å². The zero-order valence-electron chi connectivity index (χ0n) is 13.5. The number of nitrogens with one attached hydrogen (secondary N) is 1. The van der Waals surface area contributed by atoms with Crippen molar-refractivity contribution in [2.45, 2.75) is 69.9 Å². The van der Waals surface area contributed by atoms with Crippen molar-refractivity contribution < 1.29 is 0 Å². The molecule has 2 aromatic heterocycles. The van der Waals surface area contributed by atoms with Crippen LogP contribution in [0.2, 0.25) is 0 Å². The predicted octanol–water partition coefficient (Wildman–Crippen LogP) is 2.63. The summed E-state index contributed by atoms with van der Waals surface area (Å²) in [6.07, 6.45) is 8.55. The summed E-state index contributed by atoms with van der Waals surface area (Å²) >= 11 is 0. The van der Waals surface area contributed by atoms with Gasteiger partial charge in [0, 0.05) is 29.1 Å². The molecule has 22 heavy (non-hydrogen) atoms. The van der Waals surface area contributed by atoms with Gasteiger partial charge in [-0.2, -0.15) is 9.61 Å². The molecule has 0 aromatic carbocycles. The van der Waals surface area contributed by atoms with E-state index in [1.807, 2.05) is 16.8 Å². The molecule has 0 spiro atoms. The summed E-state index contributed by atoms with van der Waals surface area (Å²) in [5.74, 6) is 1.16. The van der Waals surface area contributed by atoms with Crippen LogP contribution in [0.1, 0.15) is 57.2 Å². The molecular formula is C17H25N5. The lowest BCUT2D eigenvalue weighted by atomic mass is 9.80. The Morgan fingerprint density at radius 1 is 1.36 bits per heavy atom. The fourth-order valence-electron chi connectivity index (χ4n) is 4.19. The quantitative estimate of drug-likeness (QED) is 0.910. The third-order valence-electron chi connectivity index (χ3n) is 5.86. The van der Waals surface area contributed by atoms with Crippen molar-refractivity contribution in [2.75, 3.05) is 5.32 Å². The first kappa shape index (κ1) is 14.0. The van der Waals surface area contributed by atoms with Crippen LogP contribution in [0.4, 0.5) is 5.82 Å². The molecule has 0 aliphatic heterocycles. The average molecular weight is 299 g/mol. The topological polar surface area (TPSA) is 68.2 Å². The number of hydrogen-bond donors (Lipinski definition) is 2. The van der Waals surface area contributed by atoms with Gasteiger partial charge in [0.25, 0.3) is 0 Å². The summed E-state index contributed by atoms with van der Waals surface area (Å²) < 4.78 is 1.98. The van der Waals surface area contributed by atoms with Gasteiger partial charge in [-0.15, -0.1) is 0 Å². The summed E-state index contributed by atoms with van der Waals surface area (Å²) in [6, 6.07) is 2.84. The normalized spacial score (nSPS) is 26.0. The Hall–Kier alpha value is -1.62. The Morgan fingerprint density at radius 3 is 2.82 bits per heavy atom. The summed E-state index contributed by atoms with van der Waals surface area (Å²) in [4.78, 5) is 4.97. The van der Waals surface area contributed by atoms with Crippen LogP contribution in [-0.4, -0.2) is 26.7 Å². The van der Waals surface area contributed by atoms with E-state index in [9.17, 15) is 0 Å². The smallest absolute Gasteiger partial charge is 0.157 e. The van der Waals surface area contributed by atoms with E-state index in [2.05, 4.69) is 24.3 Å². The van der Waals surface area contributed by atoms with Crippen molar-refractivity contribution in [1.82, 2.24) is 14.6 Å². The minimum atomic E-state index is 0.244. The van der Waals surface area contributed by atoms with Crippen molar-refractivity contribution in [1.29, 1.82) is 0 Å². The zero-order chi connectivity index (χ0) is 15.3. The number of aromatic nitrogens is 3. The molecule has 4 rings (SSSR count). The highest BCUT2D eigenvalue weighted by Gasteiger charge is 2.40. The van der Waals surface area contributed by atoms with Gasteiger partial charge in [0.05, 0.1) is 11.9 Å². The minimum absolute atomic E-state index is 0.244. The van der Waals surface area contributed by atoms with Crippen molar-refractivity contribution >= 4 is 11.5 Å². The molecule has 2 aliphatic carbocycles. The molecule has 0 unspecified atom stereocenters. The van der Waals surface area contributed by atoms with Gasteiger partial charge in [0.2, 0.25) is 0 Å². The van der Waals surface area contributed by atoms with Gasteiger partial charge in [0.15, 0.2) is 5.65 Å². The highest BCUT2D eigenvalue weighted by molar-refractivity contribution is 5.59. The summed E-state index contributed by atoms with van der Waals surface area (Å²) in [6.45, 7) is 4.58. The van der Waals surface area contributed by atoms with E-state index in [1.54, 1.807) is 0 Å². The maximum atomic E-state index is 5.94. The molecule has 1 saturated carbocycles. The van der Waals surface area contributed by atoms with Crippen LogP contribution < -0.4 is 11.1 Å². The van der Waals surface area contributed by atoms with E-state index in [1.165, 1.54) is 17.7 Å². The van der Waals surface area contributed by atoms with Gasteiger partial charge in [-0.05, 0) is 38.5 Å². The summed E-state index contributed by atoms with van der Waals surface area (Å²) in [5, 5.41) is 8.19. The van der Waals surface area contributed by atoms with Crippen LogP contribution in [0.25, 0.3) is 5.65 Å². The SMILES string of the molecule is CCC1(CC)CCc2c1nc1ccnn1c2NC1CC(N)C1. The van der Waals surface area contributed by atoms with Crippen LogP contribution in [0, 0.1) is 0 Å². The van der Waals surface area contributed by atoms with E-state index in [4.69, 9.17) is 10.7 Å². The molecule has 2 aliphatic rings. The first-order valence-electron chi connectivity index (χ1n) is 8.56. The highest BCUT2D eigenvalue weighted by Crippen LogP contribution is 2.45. The summed E-state index contributed by atoms with van der Waals surface area (Å²) in [7, 11) is 0. The predicted molar refractivity (Wildman–Crippen MR) is 88.2 cm³/mol. The Labute approximate surface area is 131 Å². The molecule has 5 nitrogen and oxygen atoms in total. The van der Waals surface area contributed by atoms with E-state index in [0.717, 1.165) is 43.6 Å². The van der Waals surface area contributed by atoms with Crippen LogP contribution >= 0.6 is 0 Å². The molecule has 0 saturated heterocycles. The number of anilines is 1. The Morgan fingerprint density at radius 2 is 2.14 bits per heavy atom. The van der Waals surface area contributed by atoms with Gasteiger partial charge in [-0.1, -0.05) is 13.8 Å². The van der Waals surface area contributed by atoms with E-state index in [-0.39, 0.29) is 5.41 Å². The molecule has 118 valence electrons. The lowest BCUT2D eigenvalue weighted by Gasteiger charge is -2.34. The molecule has 2 aromatic rings. The maximum absolute atomic E-state index is 5.94. The number of rotatable bonds is 4. The molecule has 0 bridgehead atoms. The Bertz CT molecular complexity index is 694.